The van der Waals surface area contributed by atoms with E-state index in [2.05, 4.69) is 93.4 Å². The van der Waals surface area contributed by atoms with Crippen molar-refractivity contribution in [3.63, 3.8) is 0 Å². The lowest BCUT2D eigenvalue weighted by atomic mass is 9.90. The van der Waals surface area contributed by atoms with Crippen molar-refractivity contribution in [1.82, 2.24) is 0 Å². The van der Waals surface area contributed by atoms with Gasteiger partial charge >= 0.3 is 0 Å². The van der Waals surface area contributed by atoms with Gasteiger partial charge in [0, 0.05) is 18.3 Å². The quantitative estimate of drug-likeness (QED) is 0.155. The Balaban J connectivity index is 3.20. The molecule has 0 N–H and O–H groups in total. The van der Waals surface area contributed by atoms with Crippen molar-refractivity contribution in [3.8, 4) is 0 Å². The van der Waals surface area contributed by atoms with Gasteiger partial charge in [-0.25, -0.2) is 0 Å². The molecular weight excluding hydrogens is 440 g/mol. The second-order valence-corrected chi connectivity index (χ2v) is 22.6. The van der Waals surface area contributed by atoms with Gasteiger partial charge in [-0.15, -0.1) is 6.58 Å². The lowest BCUT2D eigenvalue weighted by molar-refractivity contribution is -0.121. The van der Waals surface area contributed by atoms with Gasteiger partial charge in [0.15, 0.2) is 16.6 Å². The molecule has 0 aromatic carbocycles. The molecule has 0 spiro atoms. The molecule has 1 aliphatic carbocycles. The summed E-state index contributed by atoms with van der Waals surface area (Å²) in [4.78, 5) is 13.0. The van der Waals surface area contributed by atoms with Crippen LogP contribution in [0.25, 0.3) is 0 Å². The lowest BCUT2D eigenvalue weighted by Gasteiger charge is -2.40. The number of carbonyl (C=O) groups excluding carboxylic acids is 1. The molecule has 1 aliphatic rings. The molecule has 33 heavy (non-hydrogen) atoms. The number of carbonyl (C=O) groups is 1. The van der Waals surface area contributed by atoms with Gasteiger partial charge < -0.3 is 8.85 Å². The van der Waals surface area contributed by atoms with Crippen LogP contribution >= 0.6 is 0 Å². The first kappa shape index (κ1) is 30.5. The smallest absolute Gasteiger partial charge is 0.192 e. The Morgan fingerprint density at radius 2 is 1.61 bits per heavy atom. The Kier molecular flexibility index (Phi) is 11.1. The van der Waals surface area contributed by atoms with Gasteiger partial charge in [0.25, 0.3) is 0 Å². The molecule has 4 atom stereocenters. The number of allylic oxidation sites excluding steroid dienone is 1. The third kappa shape index (κ3) is 8.59. The first-order valence-electron chi connectivity index (χ1n) is 13.1. The van der Waals surface area contributed by atoms with Gasteiger partial charge in [-0.2, -0.15) is 0 Å². The summed E-state index contributed by atoms with van der Waals surface area (Å²) >= 11 is 0. The number of rotatable bonds is 12. The molecule has 1 saturated carbocycles. The minimum Gasteiger partial charge on any atom is -0.413 e. The van der Waals surface area contributed by atoms with Crippen molar-refractivity contribution in [2.45, 2.75) is 135 Å². The molecule has 0 unspecified atom stereocenters. The van der Waals surface area contributed by atoms with Crippen molar-refractivity contribution in [1.29, 1.82) is 0 Å². The van der Waals surface area contributed by atoms with Crippen LogP contribution in [0, 0.1) is 11.8 Å². The summed E-state index contributed by atoms with van der Waals surface area (Å²) in [5.74, 6) is 0.389. The molecule has 0 amide bonds. The molecule has 0 aromatic heterocycles. The van der Waals surface area contributed by atoms with Gasteiger partial charge in [-0.1, -0.05) is 86.0 Å². The monoisotopic (exact) mass is 494 g/mol. The molecule has 0 saturated heterocycles. The Labute approximate surface area is 208 Å². The van der Waals surface area contributed by atoms with Crippen LogP contribution in [0.1, 0.15) is 87.0 Å². The van der Waals surface area contributed by atoms with Crippen LogP contribution in [0.3, 0.4) is 0 Å². The summed E-state index contributed by atoms with van der Waals surface area (Å²) in [6.45, 7) is 29.1. The summed E-state index contributed by atoms with van der Waals surface area (Å²) in [5.41, 5.74) is 0. The van der Waals surface area contributed by atoms with E-state index in [1.807, 2.05) is 6.08 Å². The van der Waals surface area contributed by atoms with E-state index < -0.39 is 16.6 Å². The Bertz CT molecular complexity index is 668. The number of unbranched alkanes of at least 4 members (excludes halogenated alkanes) is 2. The SMILES string of the molecule is C=CC[C@H]1C(=O)C[C@@H](O[Si](C)(C)C(C)(C)C)[C@@H]1/C=C/[C@H](CCCCC)O[Si](C)(C)C(C)(C)C. The highest BCUT2D eigenvalue weighted by atomic mass is 28.4. The van der Waals surface area contributed by atoms with Crippen LogP contribution in [0.2, 0.25) is 36.3 Å². The third-order valence-electron chi connectivity index (χ3n) is 8.28. The molecular formula is C28H54O3Si2. The molecule has 0 heterocycles. The van der Waals surface area contributed by atoms with E-state index in [0.717, 1.165) is 12.8 Å². The minimum atomic E-state index is -1.98. The lowest BCUT2D eigenvalue weighted by Crippen LogP contribution is -2.45. The van der Waals surface area contributed by atoms with Gasteiger partial charge in [-0.3, -0.25) is 4.79 Å². The largest absolute Gasteiger partial charge is 0.413 e. The maximum atomic E-state index is 13.0. The highest BCUT2D eigenvalue weighted by Gasteiger charge is 2.47. The topological polar surface area (TPSA) is 35.5 Å². The molecule has 1 fully saturated rings. The summed E-state index contributed by atoms with van der Waals surface area (Å²) in [7, 11) is -3.86. The Hall–Kier alpha value is -0.496. The molecule has 0 aliphatic heterocycles. The first-order valence-corrected chi connectivity index (χ1v) is 19.0. The van der Waals surface area contributed by atoms with Gasteiger partial charge in [-0.05, 0) is 49.1 Å². The maximum Gasteiger partial charge on any atom is 0.192 e. The zero-order chi connectivity index (χ0) is 25.7. The normalized spacial score (nSPS) is 24.0. The molecule has 192 valence electrons. The average Bonchev–Trinajstić information content (AvgIpc) is 2.92. The van der Waals surface area contributed by atoms with Crippen molar-refractivity contribution in [3.05, 3.63) is 24.8 Å². The fourth-order valence-electron chi connectivity index (χ4n) is 3.96. The summed E-state index contributed by atoms with van der Waals surface area (Å²) < 4.78 is 13.6. The van der Waals surface area contributed by atoms with E-state index in [0.29, 0.717) is 12.2 Å². The highest BCUT2D eigenvalue weighted by molar-refractivity contribution is 6.74. The van der Waals surface area contributed by atoms with Crippen LogP contribution in [0.4, 0.5) is 0 Å². The van der Waals surface area contributed by atoms with Crippen molar-refractivity contribution in [2.75, 3.05) is 0 Å². The average molecular weight is 495 g/mol. The van der Waals surface area contributed by atoms with E-state index >= 15 is 0 Å². The highest BCUT2D eigenvalue weighted by Crippen LogP contribution is 2.43. The van der Waals surface area contributed by atoms with Gasteiger partial charge in [0.2, 0.25) is 0 Å². The van der Waals surface area contributed by atoms with Crippen LogP contribution in [-0.4, -0.2) is 34.6 Å². The minimum absolute atomic E-state index is 0.0299. The molecule has 0 radical (unpaired) electrons. The molecule has 1 rings (SSSR count). The van der Waals surface area contributed by atoms with E-state index in [1.165, 1.54) is 19.3 Å². The second-order valence-electron chi connectivity index (χ2n) is 13.1. The summed E-state index contributed by atoms with van der Waals surface area (Å²) in [5, 5.41) is 0.293. The maximum absolute atomic E-state index is 13.0. The first-order chi connectivity index (χ1) is 15.0. The predicted octanol–water partition coefficient (Wildman–Crippen LogP) is 8.69. The Morgan fingerprint density at radius 1 is 1.03 bits per heavy atom. The van der Waals surface area contributed by atoms with Gasteiger partial charge in [0.1, 0.15) is 5.78 Å². The van der Waals surface area contributed by atoms with Crippen molar-refractivity contribution >= 4 is 22.4 Å². The van der Waals surface area contributed by atoms with Crippen molar-refractivity contribution < 1.29 is 13.6 Å². The Morgan fingerprint density at radius 3 is 2.09 bits per heavy atom. The van der Waals surface area contributed by atoms with Crippen LogP contribution < -0.4 is 0 Å². The van der Waals surface area contributed by atoms with Crippen LogP contribution in [0.5, 0.6) is 0 Å². The van der Waals surface area contributed by atoms with Crippen molar-refractivity contribution in [2.24, 2.45) is 11.8 Å². The van der Waals surface area contributed by atoms with Crippen LogP contribution in [-0.2, 0) is 13.6 Å². The molecule has 3 nitrogen and oxygen atoms in total. The van der Waals surface area contributed by atoms with E-state index in [1.54, 1.807) is 0 Å². The van der Waals surface area contributed by atoms with Gasteiger partial charge in [0.05, 0.1) is 12.2 Å². The fraction of sp³-hybridized carbons (Fsp3) is 0.821. The van der Waals surface area contributed by atoms with E-state index in [4.69, 9.17) is 8.85 Å². The number of hydrogen-bond donors (Lipinski definition) is 0. The summed E-state index contributed by atoms with van der Waals surface area (Å²) in [6, 6.07) is 0. The summed E-state index contributed by atoms with van der Waals surface area (Å²) in [6.07, 6.45) is 12.4. The number of ketones is 1. The predicted molar refractivity (Wildman–Crippen MR) is 149 cm³/mol. The molecule has 0 aromatic rings. The fourth-order valence-corrected chi connectivity index (χ4v) is 6.62. The second kappa shape index (κ2) is 12.0. The zero-order valence-electron chi connectivity index (χ0n) is 23.7. The number of hydrogen-bond acceptors (Lipinski definition) is 3. The van der Waals surface area contributed by atoms with Crippen LogP contribution in [0.15, 0.2) is 24.8 Å². The standard InChI is InChI=1S/C28H54O3Si2/c1-13-15-16-18-22(30-32(9,10)27(3,4)5)19-20-24-23(17-14-2)25(29)21-26(24)31-33(11,12)28(6,7)8/h14,19-20,22-24,26H,2,13,15-18,21H2,1,3-12H3/b20-19+/t22-,23+,24+,26+/m0/s1. The molecule has 5 heteroatoms. The van der Waals surface area contributed by atoms with E-state index in [9.17, 15) is 4.79 Å². The molecule has 0 bridgehead atoms. The van der Waals surface area contributed by atoms with E-state index in [-0.39, 0.29) is 34.1 Å². The third-order valence-corrected chi connectivity index (χ3v) is 17.3. The number of Topliss-reactive ketones (excluding diaryl/α,β-unsaturated/α-hetero) is 1. The zero-order valence-corrected chi connectivity index (χ0v) is 25.7.